The molecule has 2 amide bonds. The van der Waals surface area contributed by atoms with Gasteiger partial charge in [0.25, 0.3) is 0 Å². The van der Waals surface area contributed by atoms with E-state index in [4.69, 9.17) is 5.73 Å². The molecular formula is C28H43FN4O2. The fourth-order valence-corrected chi connectivity index (χ4v) is 5.94. The first-order valence-electron chi connectivity index (χ1n) is 13.6. The Morgan fingerprint density at radius 1 is 1.11 bits per heavy atom. The zero-order valence-corrected chi connectivity index (χ0v) is 21.4. The average molecular weight is 487 g/mol. The number of carbonyl (C=O) groups is 2. The van der Waals surface area contributed by atoms with Crippen molar-refractivity contribution in [1.82, 2.24) is 15.1 Å². The van der Waals surface area contributed by atoms with Gasteiger partial charge in [-0.1, -0.05) is 32.4 Å². The summed E-state index contributed by atoms with van der Waals surface area (Å²) in [5.74, 6) is 1.45. The van der Waals surface area contributed by atoms with Gasteiger partial charge in [-0.15, -0.1) is 0 Å². The SMILES string of the molecule is CC(C)CN(Cc1ccc(F)cc1)C1CC(C(=O)NCC2CCCC(CN)C2)N(C(=O)C2CC2)C1. The molecule has 1 heterocycles. The number of benzene rings is 1. The number of hydrogen-bond acceptors (Lipinski definition) is 4. The van der Waals surface area contributed by atoms with Gasteiger partial charge in [0.05, 0.1) is 0 Å². The molecule has 3 fully saturated rings. The second kappa shape index (κ2) is 11.8. The number of amides is 2. The Hall–Kier alpha value is -1.99. The van der Waals surface area contributed by atoms with E-state index in [1.54, 1.807) is 0 Å². The fraction of sp³-hybridized carbons (Fsp3) is 0.714. The van der Waals surface area contributed by atoms with E-state index in [1.807, 2.05) is 17.0 Å². The van der Waals surface area contributed by atoms with Crippen LogP contribution in [0.4, 0.5) is 4.39 Å². The van der Waals surface area contributed by atoms with Crippen LogP contribution in [0.1, 0.15) is 64.4 Å². The molecule has 194 valence electrons. The molecule has 2 saturated carbocycles. The van der Waals surface area contributed by atoms with Gasteiger partial charge in [0.2, 0.25) is 11.8 Å². The van der Waals surface area contributed by atoms with Crippen molar-refractivity contribution < 1.29 is 14.0 Å². The molecular weight excluding hydrogens is 443 g/mol. The van der Waals surface area contributed by atoms with Gasteiger partial charge < -0.3 is 16.0 Å². The Morgan fingerprint density at radius 2 is 1.83 bits per heavy atom. The Bertz CT molecular complexity index is 857. The van der Waals surface area contributed by atoms with Crippen LogP contribution in [0.2, 0.25) is 0 Å². The lowest BCUT2D eigenvalue weighted by Gasteiger charge is -2.30. The lowest BCUT2D eigenvalue weighted by atomic mass is 9.81. The third-order valence-corrected chi connectivity index (χ3v) is 8.00. The van der Waals surface area contributed by atoms with E-state index in [-0.39, 0.29) is 29.6 Å². The van der Waals surface area contributed by atoms with E-state index in [1.165, 1.54) is 25.0 Å². The van der Waals surface area contributed by atoms with Crippen molar-refractivity contribution in [1.29, 1.82) is 0 Å². The van der Waals surface area contributed by atoms with Crippen LogP contribution in [-0.2, 0) is 16.1 Å². The number of hydrogen-bond donors (Lipinski definition) is 2. The maximum Gasteiger partial charge on any atom is 0.242 e. The van der Waals surface area contributed by atoms with Crippen molar-refractivity contribution in [3.8, 4) is 0 Å². The Labute approximate surface area is 209 Å². The predicted molar refractivity (Wildman–Crippen MR) is 136 cm³/mol. The number of carbonyl (C=O) groups excluding carboxylic acids is 2. The summed E-state index contributed by atoms with van der Waals surface area (Å²) in [6.45, 7) is 7.90. The number of nitrogens with one attached hydrogen (secondary N) is 1. The molecule has 0 bridgehead atoms. The molecule has 2 aliphatic carbocycles. The molecule has 1 aromatic rings. The molecule has 3 aliphatic rings. The quantitative estimate of drug-likeness (QED) is 0.530. The standard InChI is InChI=1S/C28H43FN4O2/c1-19(2)16-32(17-20-6-10-24(29)11-7-20)25-13-26(33(18-25)28(35)23-8-9-23)27(34)31-15-22-5-3-4-21(12-22)14-30/h6-7,10-11,19,21-23,25-26H,3-5,8-9,12-18,30H2,1-2H3,(H,31,34). The second-order valence-corrected chi connectivity index (χ2v) is 11.5. The molecule has 0 spiro atoms. The molecule has 35 heavy (non-hydrogen) atoms. The lowest BCUT2D eigenvalue weighted by Crippen LogP contribution is -2.47. The number of nitrogens with two attached hydrogens (primary N) is 1. The number of halogens is 1. The molecule has 0 aromatic heterocycles. The molecule has 7 heteroatoms. The van der Waals surface area contributed by atoms with E-state index in [2.05, 4.69) is 24.1 Å². The first-order valence-corrected chi connectivity index (χ1v) is 13.6. The summed E-state index contributed by atoms with van der Waals surface area (Å²) in [5, 5.41) is 3.21. The highest BCUT2D eigenvalue weighted by molar-refractivity contribution is 5.90. The van der Waals surface area contributed by atoms with Crippen LogP contribution in [0.5, 0.6) is 0 Å². The molecule has 1 saturated heterocycles. The third-order valence-electron chi connectivity index (χ3n) is 8.00. The van der Waals surface area contributed by atoms with Crippen molar-refractivity contribution in [2.24, 2.45) is 29.4 Å². The minimum Gasteiger partial charge on any atom is -0.354 e. The van der Waals surface area contributed by atoms with Crippen molar-refractivity contribution in [2.75, 3.05) is 26.2 Å². The summed E-state index contributed by atoms with van der Waals surface area (Å²) in [7, 11) is 0. The van der Waals surface area contributed by atoms with Crippen molar-refractivity contribution in [3.05, 3.63) is 35.6 Å². The van der Waals surface area contributed by atoms with Crippen LogP contribution in [0.15, 0.2) is 24.3 Å². The van der Waals surface area contributed by atoms with E-state index in [9.17, 15) is 14.0 Å². The normalized spacial score (nSPS) is 27.0. The van der Waals surface area contributed by atoms with Gasteiger partial charge in [-0.3, -0.25) is 14.5 Å². The van der Waals surface area contributed by atoms with Crippen LogP contribution in [0, 0.1) is 29.5 Å². The fourth-order valence-electron chi connectivity index (χ4n) is 5.94. The number of nitrogens with zero attached hydrogens (tertiary/aromatic N) is 2. The highest BCUT2D eigenvalue weighted by atomic mass is 19.1. The van der Waals surface area contributed by atoms with E-state index in [0.717, 1.165) is 44.3 Å². The van der Waals surface area contributed by atoms with Crippen molar-refractivity contribution in [2.45, 2.75) is 77.4 Å². The summed E-state index contributed by atoms with van der Waals surface area (Å²) in [4.78, 5) is 30.8. The smallest absolute Gasteiger partial charge is 0.242 e. The molecule has 4 rings (SSSR count). The van der Waals surface area contributed by atoms with Crippen LogP contribution in [0.3, 0.4) is 0 Å². The third kappa shape index (κ3) is 7.04. The zero-order valence-electron chi connectivity index (χ0n) is 21.4. The molecule has 4 unspecified atom stereocenters. The Morgan fingerprint density at radius 3 is 2.49 bits per heavy atom. The van der Waals surface area contributed by atoms with E-state index >= 15 is 0 Å². The maximum absolute atomic E-state index is 13.4. The van der Waals surface area contributed by atoms with Crippen molar-refractivity contribution in [3.63, 3.8) is 0 Å². The van der Waals surface area contributed by atoms with Crippen LogP contribution in [0.25, 0.3) is 0 Å². The van der Waals surface area contributed by atoms with Gasteiger partial charge in [0, 0.05) is 38.1 Å². The second-order valence-electron chi connectivity index (χ2n) is 11.5. The summed E-state index contributed by atoms with van der Waals surface area (Å²) >= 11 is 0. The zero-order chi connectivity index (χ0) is 24.9. The predicted octanol–water partition coefficient (Wildman–Crippen LogP) is 3.54. The minimum atomic E-state index is -0.412. The molecule has 1 aromatic carbocycles. The van der Waals surface area contributed by atoms with Gasteiger partial charge in [0.1, 0.15) is 11.9 Å². The molecule has 4 atom stereocenters. The average Bonchev–Trinajstić information content (AvgIpc) is 3.61. The minimum absolute atomic E-state index is 0.0114. The molecule has 0 radical (unpaired) electrons. The topological polar surface area (TPSA) is 78.7 Å². The highest BCUT2D eigenvalue weighted by Gasteiger charge is 2.45. The Kier molecular flexibility index (Phi) is 8.82. The summed E-state index contributed by atoms with van der Waals surface area (Å²) < 4.78 is 13.4. The maximum atomic E-state index is 13.4. The summed E-state index contributed by atoms with van der Waals surface area (Å²) in [5.41, 5.74) is 6.94. The first-order chi connectivity index (χ1) is 16.8. The summed E-state index contributed by atoms with van der Waals surface area (Å²) in [6.07, 6.45) is 7.09. The van der Waals surface area contributed by atoms with Gasteiger partial charge in [-0.05, 0) is 80.5 Å². The van der Waals surface area contributed by atoms with Gasteiger partial charge in [-0.2, -0.15) is 0 Å². The van der Waals surface area contributed by atoms with Gasteiger partial charge in [0.15, 0.2) is 0 Å². The van der Waals surface area contributed by atoms with Crippen LogP contribution in [-0.4, -0.2) is 59.9 Å². The number of rotatable bonds is 10. The van der Waals surface area contributed by atoms with Gasteiger partial charge in [-0.25, -0.2) is 4.39 Å². The van der Waals surface area contributed by atoms with Crippen molar-refractivity contribution >= 4 is 11.8 Å². The molecule has 1 aliphatic heterocycles. The lowest BCUT2D eigenvalue weighted by molar-refractivity contribution is -0.139. The Balaban J connectivity index is 1.43. The molecule has 6 nitrogen and oxygen atoms in total. The highest BCUT2D eigenvalue weighted by Crippen LogP contribution is 2.35. The van der Waals surface area contributed by atoms with Crippen LogP contribution < -0.4 is 11.1 Å². The van der Waals surface area contributed by atoms with E-state index < -0.39 is 6.04 Å². The molecule has 3 N–H and O–H groups in total. The summed E-state index contributed by atoms with van der Waals surface area (Å²) in [6, 6.07) is 6.34. The van der Waals surface area contributed by atoms with Crippen LogP contribution >= 0.6 is 0 Å². The monoisotopic (exact) mass is 486 g/mol. The van der Waals surface area contributed by atoms with E-state index in [0.29, 0.717) is 43.8 Å². The largest absolute Gasteiger partial charge is 0.354 e. The first kappa shape index (κ1) is 26.1. The van der Waals surface area contributed by atoms with Gasteiger partial charge >= 0.3 is 0 Å². The number of likely N-dealkylation sites (tertiary alicyclic amines) is 1.